The smallest absolute Gasteiger partial charge is 0.416 e. The summed E-state index contributed by atoms with van der Waals surface area (Å²) in [5.41, 5.74) is 0. The Labute approximate surface area is 89.2 Å². The lowest BCUT2D eigenvalue weighted by molar-refractivity contribution is -0.122. The van der Waals surface area contributed by atoms with Crippen LogP contribution in [-0.4, -0.2) is 30.1 Å². The maximum atomic E-state index is 11.4. The lowest BCUT2D eigenvalue weighted by Crippen LogP contribution is -2.29. The van der Waals surface area contributed by atoms with E-state index in [4.69, 9.17) is 0 Å². The van der Waals surface area contributed by atoms with E-state index in [-0.39, 0.29) is 5.91 Å². The number of carbonyl (C=O) groups excluding carboxylic acids is 2. The molecule has 0 radical (unpaired) electrons. The third kappa shape index (κ3) is 3.58. The molecule has 0 N–H and O–H groups in total. The number of hydrogen-bond acceptors (Lipinski definition) is 3. The number of nitrogens with zero attached hydrogens (tertiary/aromatic N) is 1. The molecule has 82 valence electrons. The predicted molar refractivity (Wildman–Crippen MR) is 56.2 cm³/mol. The Morgan fingerprint density at radius 2 is 2.33 bits per heavy atom. The fourth-order valence-electron chi connectivity index (χ4n) is 1.16. The minimum Gasteiger partial charge on any atom is -0.447 e. The first kappa shape index (κ1) is 11.5. The molecule has 0 saturated carbocycles. The van der Waals surface area contributed by atoms with Crippen molar-refractivity contribution < 1.29 is 14.3 Å². The summed E-state index contributed by atoms with van der Waals surface area (Å²) < 4.78 is 4.65. The van der Waals surface area contributed by atoms with Crippen LogP contribution < -0.4 is 0 Å². The van der Waals surface area contributed by atoms with Crippen LogP contribution in [-0.2, 0) is 9.53 Å². The molecule has 0 aromatic rings. The van der Waals surface area contributed by atoms with Crippen LogP contribution in [0.25, 0.3) is 0 Å². The molecule has 1 aliphatic rings. The Bertz CT molecular complexity index is 294. The van der Waals surface area contributed by atoms with E-state index in [0.29, 0.717) is 13.2 Å². The average molecular weight is 209 g/mol. The number of amides is 2. The van der Waals surface area contributed by atoms with E-state index in [2.05, 4.69) is 11.7 Å². The van der Waals surface area contributed by atoms with Gasteiger partial charge in [-0.2, -0.15) is 0 Å². The van der Waals surface area contributed by atoms with Gasteiger partial charge in [-0.15, -0.1) is 0 Å². The van der Waals surface area contributed by atoms with Gasteiger partial charge in [0.25, 0.3) is 5.91 Å². The van der Waals surface area contributed by atoms with Crippen LogP contribution in [0.4, 0.5) is 4.79 Å². The summed E-state index contributed by atoms with van der Waals surface area (Å²) in [6.45, 7) is 2.73. The van der Waals surface area contributed by atoms with Gasteiger partial charge in [0.2, 0.25) is 0 Å². The maximum absolute atomic E-state index is 11.4. The lowest BCUT2D eigenvalue weighted by Gasteiger charge is -2.05. The Morgan fingerprint density at radius 3 is 2.93 bits per heavy atom. The summed E-state index contributed by atoms with van der Waals surface area (Å²) in [6.07, 6.45) is 8.32. The molecule has 0 atom stereocenters. The van der Waals surface area contributed by atoms with Gasteiger partial charge in [0, 0.05) is 6.08 Å². The highest BCUT2D eigenvalue weighted by atomic mass is 16.6. The predicted octanol–water partition coefficient (Wildman–Crippen LogP) is 1.88. The highest BCUT2D eigenvalue weighted by molar-refractivity contribution is 5.99. The Kier molecular flexibility index (Phi) is 4.60. The summed E-state index contributed by atoms with van der Waals surface area (Å²) in [5, 5.41) is 0. The number of carbonyl (C=O) groups is 2. The lowest BCUT2D eigenvalue weighted by atomic mass is 10.3. The van der Waals surface area contributed by atoms with Crippen LogP contribution in [0.2, 0.25) is 0 Å². The zero-order valence-corrected chi connectivity index (χ0v) is 8.81. The van der Waals surface area contributed by atoms with Gasteiger partial charge in [0.1, 0.15) is 6.61 Å². The fraction of sp³-hybridized carbons (Fsp3) is 0.455. The van der Waals surface area contributed by atoms with Crippen LogP contribution in [0.3, 0.4) is 0 Å². The molecule has 0 bridgehead atoms. The molecule has 4 nitrogen and oxygen atoms in total. The molecule has 0 aromatic carbocycles. The maximum Gasteiger partial charge on any atom is 0.416 e. The standard InChI is InChI=1S/C11H15NO3/c1-2-3-4-5-6-7-10(13)12-8-9-15-11(12)14/h4-7H,2-3,8-9H2,1H3/b5-4+,7-6+. The number of allylic oxidation sites excluding steroid dienone is 3. The molecule has 0 aromatic heterocycles. The second-order valence-corrected chi connectivity index (χ2v) is 3.18. The van der Waals surface area contributed by atoms with Crippen LogP contribution >= 0.6 is 0 Å². The first-order valence-electron chi connectivity index (χ1n) is 5.07. The average Bonchev–Trinajstić information content (AvgIpc) is 2.64. The van der Waals surface area contributed by atoms with E-state index in [1.165, 1.54) is 6.08 Å². The highest BCUT2D eigenvalue weighted by Gasteiger charge is 2.26. The number of rotatable bonds is 4. The van der Waals surface area contributed by atoms with Gasteiger partial charge in [-0.1, -0.05) is 31.6 Å². The van der Waals surface area contributed by atoms with E-state index < -0.39 is 6.09 Å². The molecule has 1 rings (SSSR count). The molecule has 2 amide bonds. The number of hydrogen-bond donors (Lipinski definition) is 0. The summed E-state index contributed by atoms with van der Waals surface area (Å²) in [6, 6.07) is 0. The van der Waals surface area contributed by atoms with Crippen molar-refractivity contribution in [1.82, 2.24) is 4.90 Å². The Balaban J connectivity index is 2.38. The highest BCUT2D eigenvalue weighted by Crippen LogP contribution is 2.03. The topological polar surface area (TPSA) is 46.6 Å². The minimum absolute atomic E-state index is 0.296. The van der Waals surface area contributed by atoms with Crippen molar-refractivity contribution in [2.45, 2.75) is 19.8 Å². The second-order valence-electron chi connectivity index (χ2n) is 3.18. The van der Waals surface area contributed by atoms with Crippen LogP contribution in [0.1, 0.15) is 19.8 Å². The molecule has 0 unspecified atom stereocenters. The van der Waals surface area contributed by atoms with Crippen molar-refractivity contribution in [2.24, 2.45) is 0 Å². The molecule has 4 heteroatoms. The molecule has 1 fully saturated rings. The summed E-state index contributed by atoms with van der Waals surface area (Å²) in [5.74, 6) is -0.321. The third-order valence-electron chi connectivity index (χ3n) is 1.97. The van der Waals surface area contributed by atoms with E-state index >= 15 is 0 Å². The molecule has 1 saturated heterocycles. The van der Waals surface area contributed by atoms with Crippen LogP contribution in [0, 0.1) is 0 Å². The van der Waals surface area contributed by atoms with Crippen molar-refractivity contribution >= 4 is 12.0 Å². The van der Waals surface area contributed by atoms with Gasteiger partial charge in [-0.05, 0) is 6.42 Å². The van der Waals surface area contributed by atoms with Crippen molar-refractivity contribution in [3.8, 4) is 0 Å². The normalized spacial score (nSPS) is 16.6. The number of unbranched alkanes of at least 4 members (excludes halogenated alkanes) is 1. The van der Waals surface area contributed by atoms with E-state index in [9.17, 15) is 9.59 Å². The molecule has 1 heterocycles. The van der Waals surface area contributed by atoms with Gasteiger partial charge in [0.15, 0.2) is 0 Å². The summed E-state index contributed by atoms with van der Waals surface area (Å²) in [7, 11) is 0. The molecule has 0 spiro atoms. The van der Waals surface area contributed by atoms with E-state index in [0.717, 1.165) is 17.7 Å². The zero-order valence-electron chi connectivity index (χ0n) is 8.81. The number of ether oxygens (including phenoxy) is 1. The fourth-order valence-corrected chi connectivity index (χ4v) is 1.16. The van der Waals surface area contributed by atoms with Crippen LogP contribution in [0.15, 0.2) is 24.3 Å². The van der Waals surface area contributed by atoms with E-state index in [1.54, 1.807) is 6.08 Å². The van der Waals surface area contributed by atoms with Crippen molar-refractivity contribution in [2.75, 3.05) is 13.2 Å². The molecule has 0 aliphatic carbocycles. The number of cyclic esters (lactones) is 1. The van der Waals surface area contributed by atoms with Crippen molar-refractivity contribution in [1.29, 1.82) is 0 Å². The molecular formula is C11H15NO3. The largest absolute Gasteiger partial charge is 0.447 e. The second kappa shape index (κ2) is 6.01. The SMILES string of the molecule is CCC/C=C/C=C/C(=O)N1CCOC1=O. The first-order valence-corrected chi connectivity index (χ1v) is 5.07. The summed E-state index contributed by atoms with van der Waals surface area (Å²) >= 11 is 0. The molecular weight excluding hydrogens is 194 g/mol. The molecule has 15 heavy (non-hydrogen) atoms. The number of imide groups is 1. The monoisotopic (exact) mass is 209 g/mol. The quantitative estimate of drug-likeness (QED) is 0.524. The third-order valence-corrected chi connectivity index (χ3v) is 1.97. The first-order chi connectivity index (χ1) is 7.25. The van der Waals surface area contributed by atoms with Crippen LogP contribution in [0.5, 0.6) is 0 Å². The minimum atomic E-state index is -0.554. The van der Waals surface area contributed by atoms with Gasteiger partial charge in [-0.3, -0.25) is 4.79 Å². The van der Waals surface area contributed by atoms with Crippen molar-refractivity contribution in [3.05, 3.63) is 24.3 Å². The Hall–Kier alpha value is -1.58. The zero-order chi connectivity index (χ0) is 11.1. The summed E-state index contributed by atoms with van der Waals surface area (Å²) in [4.78, 5) is 23.5. The Morgan fingerprint density at radius 1 is 1.53 bits per heavy atom. The van der Waals surface area contributed by atoms with Gasteiger partial charge in [0.05, 0.1) is 6.54 Å². The van der Waals surface area contributed by atoms with Gasteiger partial charge in [-0.25, -0.2) is 9.69 Å². The van der Waals surface area contributed by atoms with Crippen molar-refractivity contribution in [3.63, 3.8) is 0 Å². The van der Waals surface area contributed by atoms with E-state index in [1.807, 2.05) is 12.2 Å². The van der Waals surface area contributed by atoms with Gasteiger partial charge >= 0.3 is 6.09 Å². The van der Waals surface area contributed by atoms with Gasteiger partial charge < -0.3 is 4.74 Å². The molecule has 1 aliphatic heterocycles.